The third-order valence-corrected chi connectivity index (χ3v) is 6.19. The lowest BCUT2D eigenvalue weighted by Crippen LogP contribution is -2.43. The Bertz CT molecular complexity index is 684. The van der Waals surface area contributed by atoms with Crippen LogP contribution in [0, 0.1) is 11.8 Å². The molecule has 4 rings (SSSR count). The van der Waals surface area contributed by atoms with Gasteiger partial charge in [0.05, 0.1) is 0 Å². The van der Waals surface area contributed by atoms with Gasteiger partial charge in [-0.15, -0.1) is 0 Å². The maximum absolute atomic E-state index is 12.9. The molecule has 5 heteroatoms. The van der Waals surface area contributed by atoms with Gasteiger partial charge in [0, 0.05) is 25.6 Å². The molecule has 1 amide bonds. The van der Waals surface area contributed by atoms with Crippen molar-refractivity contribution in [3.8, 4) is 0 Å². The predicted molar refractivity (Wildman–Crippen MR) is 100 cm³/mol. The molecule has 5 nitrogen and oxygen atoms in total. The van der Waals surface area contributed by atoms with Crippen molar-refractivity contribution in [3.05, 3.63) is 48.5 Å². The Balaban J connectivity index is 1.24. The summed E-state index contributed by atoms with van der Waals surface area (Å²) in [6.45, 7) is 2.72. The number of piperidine rings is 1. The predicted octanol–water partition coefficient (Wildman–Crippen LogP) is 3.49. The molecule has 0 spiro atoms. The SMILES string of the molecule is O=C(C1CCC(c2ccccc2)CC1)N1CCC(Cn2cncn2)CC1. The first-order valence-electron chi connectivity index (χ1n) is 9.95. The Morgan fingerprint density at radius 2 is 1.73 bits per heavy atom. The Kier molecular flexibility index (Phi) is 5.32. The van der Waals surface area contributed by atoms with Gasteiger partial charge in [-0.05, 0) is 55.9 Å². The van der Waals surface area contributed by atoms with Gasteiger partial charge in [0.15, 0.2) is 0 Å². The van der Waals surface area contributed by atoms with Crippen molar-refractivity contribution in [1.82, 2.24) is 19.7 Å². The van der Waals surface area contributed by atoms with Gasteiger partial charge in [-0.25, -0.2) is 4.98 Å². The Labute approximate surface area is 155 Å². The highest BCUT2D eigenvalue weighted by molar-refractivity contribution is 5.79. The zero-order valence-corrected chi connectivity index (χ0v) is 15.3. The summed E-state index contributed by atoms with van der Waals surface area (Å²) in [6, 6.07) is 10.8. The second-order valence-corrected chi connectivity index (χ2v) is 7.85. The molecule has 1 saturated heterocycles. The van der Waals surface area contributed by atoms with Crippen LogP contribution in [0.2, 0.25) is 0 Å². The number of rotatable bonds is 4. The third kappa shape index (κ3) is 3.97. The molecule has 0 N–H and O–H groups in total. The first-order valence-corrected chi connectivity index (χ1v) is 9.95. The van der Waals surface area contributed by atoms with Crippen LogP contribution in [-0.2, 0) is 11.3 Å². The molecule has 1 aliphatic carbocycles. The zero-order chi connectivity index (χ0) is 17.8. The van der Waals surface area contributed by atoms with Crippen LogP contribution in [0.25, 0.3) is 0 Å². The monoisotopic (exact) mass is 352 g/mol. The van der Waals surface area contributed by atoms with E-state index in [1.165, 1.54) is 5.56 Å². The van der Waals surface area contributed by atoms with Gasteiger partial charge in [0.1, 0.15) is 12.7 Å². The molecule has 2 aliphatic rings. The van der Waals surface area contributed by atoms with Crippen LogP contribution in [0.15, 0.2) is 43.0 Å². The lowest BCUT2D eigenvalue weighted by molar-refractivity contribution is -0.138. The molecular formula is C21H28N4O. The minimum absolute atomic E-state index is 0.238. The first kappa shape index (κ1) is 17.3. The van der Waals surface area contributed by atoms with E-state index in [4.69, 9.17) is 0 Å². The maximum atomic E-state index is 12.9. The van der Waals surface area contributed by atoms with Crippen molar-refractivity contribution in [2.75, 3.05) is 13.1 Å². The molecule has 0 unspecified atom stereocenters. The molecule has 0 atom stereocenters. The van der Waals surface area contributed by atoms with Crippen molar-refractivity contribution in [3.63, 3.8) is 0 Å². The van der Waals surface area contributed by atoms with E-state index in [0.717, 1.165) is 58.2 Å². The smallest absolute Gasteiger partial charge is 0.225 e. The summed E-state index contributed by atoms with van der Waals surface area (Å²) >= 11 is 0. The number of aromatic nitrogens is 3. The van der Waals surface area contributed by atoms with Gasteiger partial charge in [0.25, 0.3) is 0 Å². The lowest BCUT2D eigenvalue weighted by Gasteiger charge is -2.36. The van der Waals surface area contributed by atoms with Gasteiger partial charge in [-0.3, -0.25) is 9.48 Å². The summed E-state index contributed by atoms with van der Waals surface area (Å²) < 4.78 is 1.91. The van der Waals surface area contributed by atoms with Gasteiger partial charge in [-0.2, -0.15) is 5.10 Å². The van der Waals surface area contributed by atoms with E-state index in [1.54, 1.807) is 12.7 Å². The third-order valence-electron chi connectivity index (χ3n) is 6.19. The summed E-state index contributed by atoms with van der Waals surface area (Å²) in [4.78, 5) is 19.0. The number of carbonyl (C=O) groups is 1. The normalized spacial score (nSPS) is 24.5. The van der Waals surface area contributed by atoms with E-state index < -0.39 is 0 Å². The Morgan fingerprint density at radius 3 is 2.38 bits per heavy atom. The summed E-state index contributed by atoms with van der Waals surface area (Å²) in [5.41, 5.74) is 1.44. The average Bonchev–Trinajstić information content (AvgIpc) is 3.22. The van der Waals surface area contributed by atoms with Crippen molar-refractivity contribution >= 4 is 5.91 Å². The molecule has 2 fully saturated rings. The van der Waals surface area contributed by atoms with E-state index in [0.29, 0.717) is 17.7 Å². The van der Waals surface area contributed by atoms with Crippen LogP contribution in [0.4, 0.5) is 0 Å². The minimum Gasteiger partial charge on any atom is -0.342 e. The zero-order valence-electron chi connectivity index (χ0n) is 15.3. The minimum atomic E-state index is 0.238. The van der Waals surface area contributed by atoms with Crippen molar-refractivity contribution in [1.29, 1.82) is 0 Å². The molecule has 1 aliphatic heterocycles. The highest BCUT2D eigenvalue weighted by Crippen LogP contribution is 2.36. The molecule has 2 aromatic rings. The standard InChI is InChI=1S/C21H28N4O/c26-21(20-8-6-19(7-9-20)18-4-2-1-3-5-18)24-12-10-17(11-13-24)14-25-16-22-15-23-25/h1-5,15-17,19-20H,6-14H2. The Hall–Kier alpha value is -2.17. The number of carbonyl (C=O) groups excluding carboxylic acids is 1. The van der Waals surface area contributed by atoms with Crippen molar-refractivity contribution in [2.24, 2.45) is 11.8 Å². The fraction of sp³-hybridized carbons (Fsp3) is 0.571. The number of hydrogen-bond acceptors (Lipinski definition) is 3. The fourth-order valence-electron chi connectivity index (χ4n) is 4.58. The molecule has 0 radical (unpaired) electrons. The molecule has 0 bridgehead atoms. The van der Waals surface area contributed by atoms with Crippen LogP contribution in [0.1, 0.15) is 50.0 Å². The van der Waals surface area contributed by atoms with Crippen LogP contribution < -0.4 is 0 Å². The number of hydrogen-bond donors (Lipinski definition) is 0. The summed E-state index contributed by atoms with van der Waals surface area (Å²) in [5, 5.41) is 4.19. The maximum Gasteiger partial charge on any atom is 0.225 e. The van der Waals surface area contributed by atoms with E-state index in [9.17, 15) is 4.79 Å². The quantitative estimate of drug-likeness (QED) is 0.846. The van der Waals surface area contributed by atoms with Crippen LogP contribution >= 0.6 is 0 Å². The largest absolute Gasteiger partial charge is 0.342 e. The Morgan fingerprint density at radius 1 is 1.00 bits per heavy atom. The molecular weight excluding hydrogens is 324 g/mol. The van der Waals surface area contributed by atoms with Crippen LogP contribution in [0.5, 0.6) is 0 Å². The fourth-order valence-corrected chi connectivity index (χ4v) is 4.58. The molecule has 138 valence electrons. The number of amides is 1. The first-order chi connectivity index (χ1) is 12.8. The second kappa shape index (κ2) is 8.02. The van der Waals surface area contributed by atoms with Gasteiger partial charge in [0.2, 0.25) is 5.91 Å². The topological polar surface area (TPSA) is 51.0 Å². The summed E-state index contributed by atoms with van der Waals surface area (Å²) in [6.07, 6.45) is 9.88. The highest BCUT2D eigenvalue weighted by atomic mass is 16.2. The highest BCUT2D eigenvalue weighted by Gasteiger charge is 2.31. The van der Waals surface area contributed by atoms with Gasteiger partial charge in [-0.1, -0.05) is 30.3 Å². The van der Waals surface area contributed by atoms with E-state index in [-0.39, 0.29) is 5.92 Å². The van der Waals surface area contributed by atoms with Crippen molar-refractivity contribution in [2.45, 2.75) is 51.0 Å². The average molecular weight is 352 g/mol. The van der Waals surface area contributed by atoms with E-state index in [2.05, 4.69) is 45.3 Å². The van der Waals surface area contributed by atoms with Gasteiger partial charge >= 0.3 is 0 Å². The molecule has 1 aromatic carbocycles. The molecule has 26 heavy (non-hydrogen) atoms. The van der Waals surface area contributed by atoms with Crippen LogP contribution in [-0.4, -0.2) is 38.7 Å². The van der Waals surface area contributed by atoms with E-state index >= 15 is 0 Å². The number of likely N-dealkylation sites (tertiary alicyclic amines) is 1. The molecule has 1 saturated carbocycles. The van der Waals surface area contributed by atoms with E-state index in [1.807, 2.05) is 4.68 Å². The second-order valence-electron chi connectivity index (χ2n) is 7.85. The molecule has 2 heterocycles. The summed E-state index contributed by atoms with van der Waals surface area (Å²) in [5.74, 6) is 1.88. The summed E-state index contributed by atoms with van der Waals surface area (Å²) in [7, 11) is 0. The number of benzene rings is 1. The van der Waals surface area contributed by atoms with Gasteiger partial charge < -0.3 is 4.90 Å². The lowest BCUT2D eigenvalue weighted by atomic mass is 9.78. The molecule has 1 aromatic heterocycles. The number of nitrogens with zero attached hydrogens (tertiary/aromatic N) is 4. The van der Waals surface area contributed by atoms with Crippen molar-refractivity contribution < 1.29 is 4.79 Å². The van der Waals surface area contributed by atoms with Crippen LogP contribution in [0.3, 0.4) is 0 Å².